The highest BCUT2D eigenvalue weighted by atomic mass is 32.1. The Labute approximate surface area is 272 Å². The Bertz CT molecular complexity index is 1520. The van der Waals surface area contributed by atoms with Crippen LogP contribution in [0.5, 0.6) is 11.5 Å². The summed E-state index contributed by atoms with van der Waals surface area (Å²) in [5, 5.41) is 11.9. The fraction of sp³-hybridized carbons (Fsp3) is 0.438. The highest BCUT2D eigenvalue weighted by molar-refractivity contribution is 7.09. The second-order valence-electron chi connectivity index (χ2n) is 12.2. The van der Waals surface area contributed by atoms with Gasteiger partial charge in [0.1, 0.15) is 24.5 Å². The number of aromatic nitrogens is 1. The number of anilines is 3. The first-order valence-corrected chi connectivity index (χ1v) is 16.2. The van der Waals surface area contributed by atoms with E-state index in [0.29, 0.717) is 54.9 Å². The number of pyridine rings is 1. The lowest BCUT2D eigenvalue weighted by atomic mass is 10.2. The van der Waals surface area contributed by atoms with Crippen molar-refractivity contribution in [3.8, 4) is 11.5 Å². The highest BCUT2D eigenvalue weighted by Gasteiger charge is 2.22. The van der Waals surface area contributed by atoms with Crippen LogP contribution in [0.1, 0.15) is 36.8 Å². The SMILES string of the molecule is CN1CCN(CCN(Cc2ccc(C(=O)Nc3cscc3NC(=O)OC(C)(C)C)nc2)C(=O)Nc2ccc3c(c2)OCCO3)CC1. The lowest BCUT2D eigenvalue weighted by molar-refractivity contribution is 0.0635. The number of thiophene rings is 1. The number of likely N-dealkylation sites (N-methyl/N-ethyl adjacent to an activating group) is 1. The predicted octanol–water partition coefficient (Wildman–Crippen LogP) is 4.80. The van der Waals surface area contributed by atoms with Gasteiger partial charge in [-0.25, -0.2) is 9.59 Å². The molecule has 4 amide bonds. The Morgan fingerprint density at radius 2 is 1.67 bits per heavy atom. The van der Waals surface area contributed by atoms with Gasteiger partial charge >= 0.3 is 12.1 Å². The first-order chi connectivity index (χ1) is 22.0. The van der Waals surface area contributed by atoms with E-state index in [0.717, 1.165) is 38.3 Å². The van der Waals surface area contributed by atoms with Gasteiger partial charge in [-0.05, 0) is 51.6 Å². The van der Waals surface area contributed by atoms with Crippen molar-refractivity contribution in [2.45, 2.75) is 32.9 Å². The van der Waals surface area contributed by atoms with Gasteiger partial charge in [-0.2, -0.15) is 0 Å². The summed E-state index contributed by atoms with van der Waals surface area (Å²) in [6.45, 7) is 11.7. The van der Waals surface area contributed by atoms with Gasteiger partial charge in [0.05, 0.1) is 11.4 Å². The Morgan fingerprint density at radius 3 is 2.37 bits per heavy atom. The molecule has 0 unspecified atom stereocenters. The third-order valence-corrected chi connectivity index (χ3v) is 8.08. The van der Waals surface area contributed by atoms with Gasteiger partial charge < -0.3 is 34.6 Å². The molecule has 5 rings (SSSR count). The maximum absolute atomic E-state index is 13.5. The van der Waals surface area contributed by atoms with Crippen molar-refractivity contribution in [2.75, 3.05) is 75.5 Å². The summed E-state index contributed by atoms with van der Waals surface area (Å²) in [6.07, 6.45) is 0.988. The van der Waals surface area contributed by atoms with Crippen molar-refractivity contribution >= 4 is 46.4 Å². The first kappa shape index (κ1) is 33.0. The number of fused-ring (bicyclic) bond motifs is 1. The molecule has 1 fully saturated rings. The number of hydrogen-bond donors (Lipinski definition) is 3. The number of amides is 4. The van der Waals surface area contributed by atoms with Crippen molar-refractivity contribution in [1.82, 2.24) is 19.7 Å². The molecule has 0 bridgehead atoms. The molecule has 2 aliphatic rings. The molecular weight excluding hydrogens is 610 g/mol. The van der Waals surface area contributed by atoms with E-state index in [1.807, 2.05) is 0 Å². The standard InChI is InChI=1S/C32H41N7O6S/c1-32(2,3)45-31(42)36-26-21-46-20-25(26)35-29(40)24-7-5-22(18-33-24)19-39(14-13-38-11-9-37(4)10-12-38)30(41)34-23-6-8-27-28(17-23)44-16-15-43-27/h5-8,17-18,20-21H,9-16,19H2,1-4H3,(H,34,41)(H,35,40)(H,36,42). The van der Waals surface area contributed by atoms with E-state index < -0.39 is 17.6 Å². The molecule has 0 aliphatic carbocycles. The zero-order valence-corrected chi connectivity index (χ0v) is 27.4. The maximum atomic E-state index is 13.5. The number of carbonyl (C=O) groups is 3. The number of benzene rings is 1. The van der Waals surface area contributed by atoms with E-state index in [1.54, 1.807) is 73.0 Å². The Kier molecular flexibility index (Phi) is 10.6. The molecule has 0 atom stereocenters. The minimum absolute atomic E-state index is 0.197. The van der Waals surface area contributed by atoms with Crippen LogP contribution in [0.25, 0.3) is 0 Å². The number of rotatable bonds is 9. The van der Waals surface area contributed by atoms with Gasteiger partial charge in [0.2, 0.25) is 0 Å². The van der Waals surface area contributed by atoms with E-state index in [9.17, 15) is 14.4 Å². The molecule has 14 heteroatoms. The van der Waals surface area contributed by atoms with Crippen molar-refractivity contribution < 1.29 is 28.6 Å². The summed E-state index contributed by atoms with van der Waals surface area (Å²) in [5.74, 6) is 0.822. The molecular formula is C32H41N7O6S. The maximum Gasteiger partial charge on any atom is 0.412 e. The second-order valence-corrected chi connectivity index (χ2v) is 12.9. The third kappa shape index (κ3) is 9.31. The van der Waals surface area contributed by atoms with Crippen LogP contribution in [0.2, 0.25) is 0 Å². The molecule has 13 nitrogen and oxygen atoms in total. The molecule has 2 aromatic heterocycles. The van der Waals surface area contributed by atoms with Crippen LogP contribution in [0.15, 0.2) is 47.3 Å². The average Bonchev–Trinajstić information content (AvgIpc) is 3.45. The fourth-order valence-corrected chi connectivity index (χ4v) is 5.58. The molecule has 4 heterocycles. The summed E-state index contributed by atoms with van der Waals surface area (Å²) in [7, 11) is 2.11. The van der Waals surface area contributed by atoms with E-state index in [1.165, 1.54) is 11.3 Å². The van der Waals surface area contributed by atoms with Crippen LogP contribution in [-0.2, 0) is 11.3 Å². The molecule has 0 spiro atoms. The molecule has 2 aliphatic heterocycles. The smallest absolute Gasteiger partial charge is 0.412 e. The summed E-state index contributed by atoms with van der Waals surface area (Å²) in [5.41, 5.74) is 1.80. The van der Waals surface area contributed by atoms with E-state index in [4.69, 9.17) is 14.2 Å². The minimum Gasteiger partial charge on any atom is -0.486 e. The van der Waals surface area contributed by atoms with Crippen molar-refractivity contribution in [3.05, 3.63) is 58.5 Å². The molecule has 3 N–H and O–H groups in total. The van der Waals surface area contributed by atoms with Crippen LogP contribution in [0.4, 0.5) is 26.7 Å². The van der Waals surface area contributed by atoms with Gasteiger partial charge in [0.25, 0.3) is 5.91 Å². The number of ether oxygens (including phenoxy) is 3. The van der Waals surface area contributed by atoms with Gasteiger partial charge in [-0.1, -0.05) is 6.07 Å². The largest absolute Gasteiger partial charge is 0.486 e. The van der Waals surface area contributed by atoms with Crippen LogP contribution < -0.4 is 25.4 Å². The number of carbonyl (C=O) groups excluding carboxylic acids is 3. The summed E-state index contributed by atoms with van der Waals surface area (Å²) in [4.78, 5) is 49.5. The summed E-state index contributed by atoms with van der Waals surface area (Å²) < 4.78 is 16.6. The monoisotopic (exact) mass is 651 g/mol. The molecule has 3 aromatic rings. The third-order valence-electron chi connectivity index (χ3n) is 7.34. The van der Waals surface area contributed by atoms with Crippen LogP contribution >= 0.6 is 11.3 Å². The number of nitrogens with one attached hydrogen (secondary N) is 3. The van der Waals surface area contributed by atoms with Crippen LogP contribution in [0.3, 0.4) is 0 Å². The van der Waals surface area contributed by atoms with Gasteiger partial charge in [0, 0.05) is 74.5 Å². The van der Waals surface area contributed by atoms with Gasteiger partial charge in [0.15, 0.2) is 11.5 Å². The van der Waals surface area contributed by atoms with Crippen LogP contribution in [0, 0.1) is 0 Å². The van der Waals surface area contributed by atoms with Gasteiger partial charge in [-0.3, -0.25) is 20.0 Å². The Balaban J connectivity index is 1.22. The summed E-state index contributed by atoms with van der Waals surface area (Å²) in [6, 6.07) is 8.50. The zero-order valence-electron chi connectivity index (χ0n) is 26.6. The zero-order chi connectivity index (χ0) is 32.7. The van der Waals surface area contributed by atoms with Gasteiger partial charge in [-0.15, -0.1) is 11.3 Å². The molecule has 46 heavy (non-hydrogen) atoms. The summed E-state index contributed by atoms with van der Waals surface area (Å²) >= 11 is 1.33. The number of hydrogen-bond acceptors (Lipinski definition) is 10. The van der Waals surface area contributed by atoms with E-state index in [2.05, 4.69) is 37.8 Å². The van der Waals surface area contributed by atoms with Crippen molar-refractivity contribution in [2.24, 2.45) is 0 Å². The topological polar surface area (TPSA) is 138 Å². The Hall–Kier alpha value is -4.40. The van der Waals surface area contributed by atoms with Crippen molar-refractivity contribution in [1.29, 1.82) is 0 Å². The highest BCUT2D eigenvalue weighted by Crippen LogP contribution is 2.33. The lowest BCUT2D eigenvalue weighted by Crippen LogP contribution is -2.48. The normalized spacial score (nSPS) is 15.1. The number of urea groups is 1. The lowest BCUT2D eigenvalue weighted by Gasteiger charge is -2.34. The van der Waals surface area contributed by atoms with E-state index >= 15 is 0 Å². The number of piperazine rings is 1. The second kappa shape index (κ2) is 14.8. The molecule has 0 radical (unpaired) electrons. The predicted molar refractivity (Wildman–Crippen MR) is 177 cm³/mol. The first-order valence-electron chi connectivity index (χ1n) is 15.2. The van der Waals surface area contributed by atoms with E-state index in [-0.39, 0.29) is 11.7 Å². The molecule has 246 valence electrons. The average molecular weight is 652 g/mol. The Morgan fingerprint density at radius 1 is 0.957 bits per heavy atom. The quantitative estimate of drug-likeness (QED) is 0.298. The molecule has 1 saturated heterocycles. The van der Waals surface area contributed by atoms with Crippen LogP contribution in [-0.4, -0.2) is 103 Å². The van der Waals surface area contributed by atoms with Crippen molar-refractivity contribution in [3.63, 3.8) is 0 Å². The fourth-order valence-electron chi connectivity index (χ4n) is 4.87. The molecule has 0 saturated carbocycles. The number of nitrogens with zero attached hydrogens (tertiary/aromatic N) is 4. The molecule has 1 aromatic carbocycles. The minimum atomic E-state index is -0.651.